The van der Waals surface area contributed by atoms with Gasteiger partial charge in [-0.3, -0.25) is 0 Å². The molecular formula is C14H15ClN2. The molecule has 0 aliphatic carbocycles. The van der Waals surface area contributed by atoms with Gasteiger partial charge in [0.2, 0.25) is 0 Å². The van der Waals surface area contributed by atoms with Crippen LogP contribution in [-0.2, 0) is 6.54 Å². The minimum atomic E-state index is 0.322. The van der Waals surface area contributed by atoms with Gasteiger partial charge in [0.05, 0.1) is 0 Å². The lowest BCUT2D eigenvalue weighted by Gasteiger charge is -2.14. The van der Waals surface area contributed by atoms with Crippen molar-refractivity contribution in [2.24, 2.45) is 0 Å². The second kappa shape index (κ2) is 5.80. The average molecular weight is 247 g/mol. The quantitative estimate of drug-likeness (QED) is 0.834. The van der Waals surface area contributed by atoms with Crippen LogP contribution in [0, 0.1) is 0 Å². The van der Waals surface area contributed by atoms with Gasteiger partial charge in [0.15, 0.2) is 0 Å². The minimum absolute atomic E-state index is 0.322. The van der Waals surface area contributed by atoms with E-state index in [4.69, 9.17) is 11.6 Å². The Morgan fingerprint density at radius 2 is 2.00 bits per heavy atom. The molecule has 2 nitrogen and oxygen atoms in total. The van der Waals surface area contributed by atoms with E-state index in [1.807, 2.05) is 18.2 Å². The minimum Gasteiger partial charge on any atom is -0.306 e. The summed E-state index contributed by atoms with van der Waals surface area (Å²) in [6.45, 7) is 2.94. The van der Waals surface area contributed by atoms with Crippen LogP contribution >= 0.6 is 11.6 Å². The number of pyridine rings is 1. The molecule has 2 aromatic rings. The Morgan fingerprint density at radius 1 is 1.24 bits per heavy atom. The van der Waals surface area contributed by atoms with E-state index in [0.717, 1.165) is 12.1 Å². The predicted molar refractivity (Wildman–Crippen MR) is 70.9 cm³/mol. The Morgan fingerprint density at radius 3 is 2.71 bits per heavy atom. The van der Waals surface area contributed by atoms with Gasteiger partial charge in [0, 0.05) is 18.8 Å². The van der Waals surface area contributed by atoms with Gasteiger partial charge in [-0.05, 0) is 30.2 Å². The smallest absolute Gasteiger partial charge is 0.129 e. The van der Waals surface area contributed by atoms with Crippen LogP contribution in [0.3, 0.4) is 0 Å². The Balaban J connectivity index is 1.95. The zero-order chi connectivity index (χ0) is 12.1. The third-order valence-corrected chi connectivity index (χ3v) is 2.91. The van der Waals surface area contributed by atoms with Gasteiger partial charge < -0.3 is 5.32 Å². The third kappa shape index (κ3) is 3.55. The first kappa shape index (κ1) is 12.1. The molecule has 1 aromatic heterocycles. The van der Waals surface area contributed by atoms with E-state index in [9.17, 15) is 0 Å². The summed E-state index contributed by atoms with van der Waals surface area (Å²) in [5, 5.41) is 3.99. The van der Waals surface area contributed by atoms with E-state index >= 15 is 0 Å². The summed E-state index contributed by atoms with van der Waals surface area (Å²) in [5.41, 5.74) is 2.43. The monoisotopic (exact) mass is 246 g/mol. The van der Waals surface area contributed by atoms with Crippen LogP contribution in [0.5, 0.6) is 0 Å². The van der Waals surface area contributed by atoms with E-state index in [2.05, 4.69) is 41.5 Å². The molecule has 0 aliphatic rings. The van der Waals surface area contributed by atoms with E-state index < -0.39 is 0 Å². The van der Waals surface area contributed by atoms with E-state index in [1.165, 1.54) is 5.56 Å². The highest BCUT2D eigenvalue weighted by Gasteiger charge is 2.03. The molecule has 0 unspecified atom stereocenters. The highest BCUT2D eigenvalue weighted by molar-refractivity contribution is 6.29. The fourth-order valence-corrected chi connectivity index (χ4v) is 1.88. The number of nitrogens with zero attached hydrogens (tertiary/aromatic N) is 1. The van der Waals surface area contributed by atoms with Gasteiger partial charge in [-0.25, -0.2) is 4.98 Å². The zero-order valence-corrected chi connectivity index (χ0v) is 10.5. The topological polar surface area (TPSA) is 24.9 Å². The molecular weight excluding hydrogens is 232 g/mol. The fourth-order valence-electron chi connectivity index (χ4n) is 1.68. The summed E-state index contributed by atoms with van der Waals surface area (Å²) in [6.07, 6.45) is 1.73. The van der Waals surface area contributed by atoms with Crippen molar-refractivity contribution in [1.29, 1.82) is 0 Å². The Kier molecular flexibility index (Phi) is 4.13. The van der Waals surface area contributed by atoms with Gasteiger partial charge in [-0.2, -0.15) is 0 Å². The van der Waals surface area contributed by atoms with Gasteiger partial charge in [-0.1, -0.05) is 41.9 Å². The number of rotatable bonds is 4. The highest BCUT2D eigenvalue weighted by atomic mass is 35.5. The first-order valence-corrected chi connectivity index (χ1v) is 6.02. The number of aromatic nitrogens is 1. The number of nitrogens with one attached hydrogen (secondary N) is 1. The van der Waals surface area contributed by atoms with Crippen LogP contribution in [-0.4, -0.2) is 4.98 Å². The molecule has 0 amide bonds. The molecule has 2 rings (SSSR count). The van der Waals surface area contributed by atoms with Crippen LogP contribution < -0.4 is 5.32 Å². The Bertz CT molecular complexity index is 471. The van der Waals surface area contributed by atoms with Crippen molar-refractivity contribution in [3.63, 3.8) is 0 Å². The SMILES string of the molecule is C[C@@H](NCc1ccnc(Cl)c1)c1ccccc1. The molecule has 1 atom stereocenters. The summed E-state index contributed by atoms with van der Waals surface area (Å²) in [4.78, 5) is 3.96. The van der Waals surface area contributed by atoms with Crippen molar-refractivity contribution < 1.29 is 0 Å². The second-order valence-electron chi connectivity index (χ2n) is 4.00. The summed E-state index contributed by atoms with van der Waals surface area (Å²) in [6, 6.07) is 14.5. The van der Waals surface area contributed by atoms with Crippen molar-refractivity contribution in [2.45, 2.75) is 19.5 Å². The van der Waals surface area contributed by atoms with E-state index in [0.29, 0.717) is 11.2 Å². The van der Waals surface area contributed by atoms with Crippen molar-refractivity contribution in [3.8, 4) is 0 Å². The predicted octanol–water partition coefficient (Wildman–Crippen LogP) is 3.59. The lowest BCUT2D eigenvalue weighted by atomic mass is 10.1. The highest BCUT2D eigenvalue weighted by Crippen LogP contribution is 2.13. The van der Waals surface area contributed by atoms with Gasteiger partial charge in [0.1, 0.15) is 5.15 Å². The van der Waals surface area contributed by atoms with E-state index in [1.54, 1.807) is 6.20 Å². The maximum atomic E-state index is 5.84. The Hall–Kier alpha value is -1.38. The third-order valence-electron chi connectivity index (χ3n) is 2.70. The molecule has 0 bridgehead atoms. The van der Waals surface area contributed by atoms with Crippen LogP contribution in [0.15, 0.2) is 48.7 Å². The molecule has 1 aromatic carbocycles. The van der Waals surface area contributed by atoms with Crippen molar-refractivity contribution >= 4 is 11.6 Å². The second-order valence-corrected chi connectivity index (χ2v) is 4.39. The summed E-state index contributed by atoms with van der Waals surface area (Å²) in [5.74, 6) is 0. The first-order chi connectivity index (χ1) is 8.25. The number of hydrogen-bond acceptors (Lipinski definition) is 2. The molecule has 3 heteroatoms. The molecule has 1 heterocycles. The van der Waals surface area contributed by atoms with Crippen molar-refractivity contribution in [1.82, 2.24) is 10.3 Å². The van der Waals surface area contributed by atoms with Crippen molar-refractivity contribution in [2.75, 3.05) is 0 Å². The zero-order valence-electron chi connectivity index (χ0n) is 9.73. The van der Waals surface area contributed by atoms with Gasteiger partial charge in [0.25, 0.3) is 0 Å². The van der Waals surface area contributed by atoms with Crippen LogP contribution in [0.4, 0.5) is 0 Å². The molecule has 0 saturated heterocycles. The summed E-state index contributed by atoms with van der Waals surface area (Å²) in [7, 11) is 0. The average Bonchev–Trinajstić information content (AvgIpc) is 2.37. The fraction of sp³-hybridized carbons (Fsp3) is 0.214. The molecule has 88 valence electrons. The number of halogens is 1. The molecule has 0 aliphatic heterocycles. The van der Waals surface area contributed by atoms with Gasteiger partial charge in [-0.15, -0.1) is 0 Å². The molecule has 17 heavy (non-hydrogen) atoms. The van der Waals surface area contributed by atoms with E-state index in [-0.39, 0.29) is 0 Å². The standard InChI is InChI=1S/C14H15ClN2/c1-11(13-5-3-2-4-6-13)17-10-12-7-8-16-14(15)9-12/h2-9,11,17H,10H2,1H3/t11-/m1/s1. The van der Waals surface area contributed by atoms with Crippen LogP contribution in [0.2, 0.25) is 5.15 Å². The van der Waals surface area contributed by atoms with Gasteiger partial charge >= 0.3 is 0 Å². The summed E-state index contributed by atoms with van der Waals surface area (Å²) >= 11 is 5.84. The lowest BCUT2D eigenvalue weighted by Crippen LogP contribution is -2.17. The normalized spacial score (nSPS) is 12.4. The van der Waals surface area contributed by atoms with Crippen LogP contribution in [0.1, 0.15) is 24.1 Å². The van der Waals surface area contributed by atoms with Crippen molar-refractivity contribution in [3.05, 3.63) is 64.9 Å². The summed E-state index contributed by atoms with van der Waals surface area (Å²) < 4.78 is 0. The molecule has 0 saturated carbocycles. The first-order valence-electron chi connectivity index (χ1n) is 5.64. The molecule has 0 spiro atoms. The molecule has 0 fully saturated rings. The maximum absolute atomic E-state index is 5.84. The van der Waals surface area contributed by atoms with Crippen LogP contribution in [0.25, 0.3) is 0 Å². The lowest BCUT2D eigenvalue weighted by molar-refractivity contribution is 0.574. The number of hydrogen-bond donors (Lipinski definition) is 1. The molecule has 0 radical (unpaired) electrons. The largest absolute Gasteiger partial charge is 0.306 e. The maximum Gasteiger partial charge on any atom is 0.129 e. The molecule has 1 N–H and O–H groups in total. The number of benzene rings is 1. The Labute approximate surface area is 107 Å².